The van der Waals surface area contributed by atoms with Gasteiger partial charge in [0.1, 0.15) is 5.76 Å². The Morgan fingerprint density at radius 2 is 2.05 bits per heavy atom. The lowest BCUT2D eigenvalue weighted by Gasteiger charge is -2.04. The molecule has 3 rings (SSSR count). The summed E-state index contributed by atoms with van der Waals surface area (Å²) in [6.45, 7) is 4.74. The van der Waals surface area contributed by atoms with E-state index < -0.39 is 0 Å². The van der Waals surface area contributed by atoms with Crippen LogP contribution in [0.5, 0.6) is 0 Å². The van der Waals surface area contributed by atoms with Gasteiger partial charge in [-0.05, 0) is 37.6 Å². The van der Waals surface area contributed by atoms with Crippen molar-refractivity contribution < 1.29 is 4.42 Å². The molecule has 6 heteroatoms. The highest BCUT2D eigenvalue weighted by atomic mass is 35.5. The molecular weight excluding hydrogens is 318 g/mol. The summed E-state index contributed by atoms with van der Waals surface area (Å²) >= 11 is 7.30. The molecule has 0 spiro atoms. The number of aryl methyl sites for hydroxylation is 2. The molecule has 0 amide bonds. The third kappa shape index (κ3) is 3.31. The maximum atomic E-state index is 5.82. The Balaban J connectivity index is 1.69. The van der Waals surface area contributed by atoms with Crippen LogP contribution in [0, 0.1) is 6.92 Å². The molecule has 0 bridgehead atoms. The van der Waals surface area contributed by atoms with Crippen LogP contribution in [0.4, 0.5) is 5.69 Å². The van der Waals surface area contributed by atoms with E-state index in [1.165, 1.54) is 11.3 Å². The molecule has 0 fully saturated rings. The summed E-state index contributed by atoms with van der Waals surface area (Å²) in [6.07, 6.45) is 2.67. The van der Waals surface area contributed by atoms with E-state index in [-0.39, 0.29) is 0 Å². The monoisotopic (exact) mass is 333 g/mol. The molecule has 0 saturated carbocycles. The SMILES string of the molecule is CCc1nc(-c2ccc(NCc3cnc(Cl)s3)cc2)oc1C. The summed E-state index contributed by atoms with van der Waals surface area (Å²) in [5.74, 6) is 1.57. The lowest BCUT2D eigenvalue weighted by molar-refractivity contribution is 0.539. The normalized spacial score (nSPS) is 10.9. The number of nitrogens with zero attached hydrogens (tertiary/aromatic N) is 2. The van der Waals surface area contributed by atoms with Crippen molar-refractivity contribution in [1.82, 2.24) is 9.97 Å². The third-order valence-corrected chi connectivity index (χ3v) is 4.47. The van der Waals surface area contributed by atoms with Crippen LogP contribution in [0.3, 0.4) is 0 Å². The Bertz CT molecular complexity index is 764. The minimum atomic E-state index is 0.568. The minimum Gasteiger partial charge on any atom is -0.441 e. The molecule has 0 aliphatic rings. The number of thiazole rings is 1. The molecule has 0 aliphatic heterocycles. The summed E-state index contributed by atoms with van der Waals surface area (Å²) in [6, 6.07) is 8.05. The molecule has 1 N–H and O–H groups in total. The van der Waals surface area contributed by atoms with Crippen LogP contribution in [0.2, 0.25) is 4.47 Å². The molecule has 0 atom stereocenters. The van der Waals surface area contributed by atoms with Crippen LogP contribution in [0.15, 0.2) is 34.9 Å². The van der Waals surface area contributed by atoms with Gasteiger partial charge in [-0.1, -0.05) is 18.5 Å². The molecule has 1 aromatic carbocycles. The fraction of sp³-hybridized carbons (Fsp3) is 0.250. The maximum absolute atomic E-state index is 5.82. The van der Waals surface area contributed by atoms with E-state index in [4.69, 9.17) is 16.0 Å². The third-order valence-electron chi connectivity index (χ3n) is 3.35. The summed E-state index contributed by atoms with van der Waals surface area (Å²) < 4.78 is 6.28. The Morgan fingerprint density at radius 1 is 1.27 bits per heavy atom. The van der Waals surface area contributed by atoms with Crippen molar-refractivity contribution in [3.05, 3.63) is 51.3 Å². The molecule has 0 saturated heterocycles. The molecule has 2 aromatic heterocycles. The van der Waals surface area contributed by atoms with Gasteiger partial charge in [0.15, 0.2) is 4.47 Å². The number of nitrogens with one attached hydrogen (secondary N) is 1. The number of hydrogen-bond donors (Lipinski definition) is 1. The van der Waals surface area contributed by atoms with Crippen molar-refractivity contribution in [3.63, 3.8) is 0 Å². The van der Waals surface area contributed by atoms with Gasteiger partial charge in [0.25, 0.3) is 0 Å². The average molecular weight is 334 g/mol. The number of halogens is 1. The molecule has 114 valence electrons. The topological polar surface area (TPSA) is 51.0 Å². The first-order valence-electron chi connectivity index (χ1n) is 7.06. The summed E-state index contributed by atoms with van der Waals surface area (Å²) in [4.78, 5) is 9.64. The average Bonchev–Trinajstić information content (AvgIpc) is 3.11. The molecule has 0 unspecified atom stereocenters. The van der Waals surface area contributed by atoms with Gasteiger partial charge in [0.05, 0.1) is 12.2 Å². The molecule has 22 heavy (non-hydrogen) atoms. The Labute approximate surface area is 138 Å². The number of aromatic nitrogens is 2. The first-order chi connectivity index (χ1) is 10.7. The fourth-order valence-electron chi connectivity index (χ4n) is 2.16. The lowest BCUT2D eigenvalue weighted by atomic mass is 10.2. The Kier molecular flexibility index (Phi) is 4.45. The van der Waals surface area contributed by atoms with Crippen LogP contribution in [0.25, 0.3) is 11.5 Å². The van der Waals surface area contributed by atoms with Crippen molar-refractivity contribution in [3.8, 4) is 11.5 Å². The van der Waals surface area contributed by atoms with E-state index in [0.29, 0.717) is 16.9 Å². The Hall–Kier alpha value is -1.85. The van der Waals surface area contributed by atoms with Gasteiger partial charge in [-0.3, -0.25) is 0 Å². The maximum Gasteiger partial charge on any atom is 0.226 e. The zero-order valence-electron chi connectivity index (χ0n) is 12.4. The smallest absolute Gasteiger partial charge is 0.226 e. The highest BCUT2D eigenvalue weighted by molar-refractivity contribution is 7.15. The summed E-state index contributed by atoms with van der Waals surface area (Å²) in [5, 5.41) is 3.34. The van der Waals surface area contributed by atoms with E-state index in [1.807, 2.05) is 31.2 Å². The minimum absolute atomic E-state index is 0.568. The largest absolute Gasteiger partial charge is 0.441 e. The van der Waals surface area contributed by atoms with E-state index in [9.17, 15) is 0 Å². The number of oxazole rings is 1. The number of anilines is 1. The highest BCUT2D eigenvalue weighted by Gasteiger charge is 2.09. The lowest BCUT2D eigenvalue weighted by Crippen LogP contribution is -1.96. The van der Waals surface area contributed by atoms with Crippen LogP contribution in [-0.4, -0.2) is 9.97 Å². The van der Waals surface area contributed by atoms with Gasteiger partial charge in [0, 0.05) is 22.3 Å². The predicted molar refractivity (Wildman–Crippen MR) is 90.5 cm³/mol. The quantitative estimate of drug-likeness (QED) is 0.719. The molecule has 4 nitrogen and oxygen atoms in total. The van der Waals surface area contributed by atoms with Crippen molar-refractivity contribution in [2.24, 2.45) is 0 Å². The van der Waals surface area contributed by atoms with Crippen molar-refractivity contribution >= 4 is 28.6 Å². The van der Waals surface area contributed by atoms with Gasteiger partial charge in [-0.25, -0.2) is 9.97 Å². The predicted octanol–water partition coefficient (Wildman–Crippen LogP) is 4.93. The van der Waals surface area contributed by atoms with Crippen LogP contribution in [-0.2, 0) is 13.0 Å². The Morgan fingerprint density at radius 3 is 2.64 bits per heavy atom. The molecule has 0 aliphatic carbocycles. The fourth-order valence-corrected chi connectivity index (χ4v) is 3.08. The summed E-state index contributed by atoms with van der Waals surface area (Å²) in [7, 11) is 0. The van der Waals surface area contributed by atoms with Crippen molar-refractivity contribution in [2.75, 3.05) is 5.32 Å². The second-order valence-corrected chi connectivity index (χ2v) is 6.58. The van der Waals surface area contributed by atoms with E-state index in [2.05, 4.69) is 22.2 Å². The standard InChI is InChI=1S/C16H16ClN3OS/c1-3-14-10(2)21-15(20-14)11-4-6-12(7-5-11)18-8-13-9-19-16(17)22-13/h4-7,9,18H,3,8H2,1-2H3. The second-order valence-electron chi connectivity index (χ2n) is 4.89. The highest BCUT2D eigenvalue weighted by Crippen LogP contribution is 2.24. The first-order valence-corrected chi connectivity index (χ1v) is 8.26. The van der Waals surface area contributed by atoms with Gasteiger partial charge in [-0.2, -0.15) is 0 Å². The zero-order chi connectivity index (χ0) is 15.5. The van der Waals surface area contributed by atoms with Crippen molar-refractivity contribution in [1.29, 1.82) is 0 Å². The molecular formula is C16H16ClN3OS. The van der Waals surface area contributed by atoms with E-state index in [1.54, 1.807) is 6.20 Å². The van der Waals surface area contributed by atoms with Gasteiger partial charge < -0.3 is 9.73 Å². The van der Waals surface area contributed by atoms with E-state index in [0.717, 1.165) is 34.0 Å². The number of rotatable bonds is 5. The number of hydrogen-bond acceptors (Lipinski definition) is 5. The molecule has 3 aromatic rings. The zero-order valence-corrected chi connectivity index (χ0v) is 14.0. The summed E-state index contributed by atoms with van der Waals surface area (Å²) in [5.41, 5.74) is 3.03. The van der Waals surface area contributed by atoms with E-state index >= 15 is 0 Å². The molecule has 0 radical (unpaired) electrons. The van der Waals surface area contributed by atoms with Gasteiger partial charge in [0.2, 0.25) is 5.89 Å². The number of benzene rings is 1. The van der Waals surface area contributed by atoms with Crippen molar-refractivity contribution in [2.45, 2.75) is 26.8 Å². The van der Waals surface area contributed by atoms with Crippen LogP contribution >= 0.6 is 22.9 Å². The first kappa shape index (κ1) is 15.1. The van der Waals surface area contributed by atoms with Gasteiger partial charge in [-0.15, -0.1) is 11.3 Å². The van der Waals surface area contributed by atoms with Gasteiger partial charge >= 0.3 is 0 Å². The second kappa shape index (κ2) is 6.50. The van der Waals surface area contributed by atoms with Crippen LogP contribution in [0.1, 0.15) is 23.3 Å². The molecule has 2 heterocycles. The van der Waals surface area contributed by atoms with Crippen LogP contribution < -0.4 is 5.32 Å².